The van der Waals surface area contributed by atoms with Crippen molar-refractivity contribution in [3.8, 4) is 11.5 Å². The molecule has 0 bridgehead atoms. The average Bonchev–Trinajstić information content (AvgIpc) is 3.20. The SMILES string of the molecule is COc1ccc(C2=NN3C(C2)c2cc(Cl)cc(Cl)c2OC3c2ccc(Cl)cc2)cc1. The van der Waals surface area contributed by atoms with E-state index in [-0.39, 0.29) is 6.04 Å². The first kappa shape index (κ1) is 19.6. The standard InChI is InChI=1S/C23H17Cl3N2O2/c1-29-17-8-4-13(5-9-17)20-12-21-18-10-16(25)11-19(26)22(18)30-23(28(21)27-20)14-2-6-15(24)7-3-14/h2-11,21,23H,12H2,1H3. The molecule has 5 rings (SSSR count). The van der Waals surface area contributed by atoms with Crippen molar-refractivity contribution in [3.63, 3.8) is 0 Å². The van der Waals surface area contributed by atoms with Crippen molar-refractivity contribution in [2.45, 2.75) is 18.7 Å². The van der Waals surface area contributed by atoms with Crippen LogP contribution in [0.3, 0.4) is 0 Å². The lowest BCUT2D eigenvalue weighted by Crippen LogP contribution is -2.33. The molecule has 2 aliphatic heterocycles. The van der Waals surface area contributed by atoms with Crippen LogP contribution in [0.2, 0.25) is 15.1 Å². The molecule has 7 heteroatoms. The Hall–Kier alpha value is -2.40. The number of nitrogens with zero attached hydrogens (tertiary/aromatic N) is 2. The maximum atomic E-state index is 6.50. The Labute approximate surface area is 189 Å². The minimum Gasteiger partial charge on any atom is -0.497 e. The van der Waals surface area contributed by atoms with Gasteiger partial charge in [-0.1, -0.05) is 46.9 Å². The van der Waals surface area contributed by atoms with E-state index < -0.39 is 6.23 Å². The van der Waals surface area contributed by atoms with E-state index in [1.807, 2.05) is 59.6 Å². The van der Waals surface area contributed by atoms with Gasteiger partial charge >= 0.3 is 0 Å². The molecule has 0 aromatic heterocycles. The third-order valence-electron chi connectivity index (χ3n) is 5.39. The summed E-state index contributed by atoms with van der Waals surface area (Å²) >= 11 is 18.9. The molecule has 4 nitrogen and oxygen atoms in total. The van der Waals surface area contributed by atoms with Crippen LogP contribution >= 0.6 is 34.8 Å². The van der Waals surface area contributed by atoms with Gasteiger partial charge in [-0.15, -0.1) is 0 Å². The Morgan fingerprint density at radius 3 is 2.40 bits per heavy atom. The molecule has 3 aromatic rings. The van der Waals surface area contributed by atoms with Gasteiger partial charge in [-0.3, -0.25) is 0 Å². The molecular formula is C23H17Cl3N2O2. The molecule has 2 heterocycles. The van der Waals surface area contributed by atoms with Crippen LogP contribution in [0.1, 0.15) is 35.4 Å². The molecule has 3 aromatic carbocycles. The Kier molecular flexibility index (Phi) is 5.02. The molecule has 0 saturated heterocycles. The fourth-order valence-electron chi connectivity index (χ4n) is 3.92. The highest BCUT2D eigenvalue weighted by Gasteiger charge is 2.42. The highest BCUT2D eigenvalue weighted by molar-refractivity contribution is 6.35. The molecule has 30 heavy (non-hydrogen) atoms. The molecule has 0 radical (unpaired) electrons. The summed E-state index contributed by atoms with van der Waals surface area (Å²) in [6.45, 7) is 0. The van der Waals surface area contributed by atoms with Gasteiger partial charge in [0.25, 0.3) is 0 Å². The number of ether oxygens (including phenoxy) is 2. The summed E-state index contributed by atoms with van der Waals surface area (Å²) in [6.07, 6.45) is 0.290. The summed E-state index contributed by atoms with van der Waals surface area (Å²) in [5.74, 6) is 1.45. The molecule has 2 aliphatic rings. The second-order valence-corrected chi connectivity index (χ2v) is 8.48. The van der Waals surface area contributed by atoms with Crippen molar-refractivity contribution in [1.82, 2.24) is 5.01 Å². The van der Waals surface area contributed by atoms with E-state index in [0.717, 1.165) is 28.2 Å². The van der Waals surface area contributed by atoms with Crippen LogP contribution in [0.5, 0.6) is 11.5 Å². The molecule has 0 aliphatic carbocycles. The van der Waals surface area contributed by atoms with Crippen LogP contribution in [-0.4, -0.2) is 17.8 Å². The number of hydrazone groups is 1. The van der Waals surface area contributed by atoms with Gasteiger partial charge in [0.2, 0.25) is 6.23 Å². The fraction of sp³-hybridized carbons (Fsp3) is 0.174. The first-order valence-corrected chi connectivity index (χ1v) is 10.6. The minimum absolute atomic E-state index is 0.0391. The maximum absolute atomic E-state index is 6.50. The summed E-state index contributed by atoms with van der Waals surface area (Å²) in [5, 5.41) is 8.66. The topological polar surface area (TPSA) is 34.1 Å². The van der Waals surface area contributed by atoms with E-state index >= 15 is 0 Å². The van der Waals surface area contributed by atoms with Crippen molar-refractivity contribution in [2.75, 3.05) is 7.11 Å². The monoisotopic (exact) mass is 458 g/mol. The molecule has 0 amide bonds. The highest BCUT2D eigenvalue weighted by atomic mass is 35.5. The molecule has 0 N–H and O–H groups in total. The zero-order valence-corrected chi connectivity index (χ0v) is 18.2. The third-order valence-corrected chi connectivity index (χ3v) is 6.14. The number of hydrogen-bond acceptors (Lipinski definition) is 4. The quantitative estimate of drug-likeness (QED) is 0.427. The Bertz CT molecular complexity index is 1130. The van der Waals surface area contributed by atoms with Gasteiger partial charge in [-0.25, -0.2) is 5.01 Å². The van der Waals surface area contributed by atoms with E-state index in [9.17, 15) is 0 Å². The summed E-state index contributed by atoms with van der Waals surface area (Å²) in [5.41, 5.74) is 3.88. The van der Waals surface area contributed by atoms with Crippen molar-refractivity contribution in [1.29, 1.82) is 0 Å². The van der Waals surface area contributed by atoms with Crippen molar-refractivity contribution in [3.05, 3.63) is 92.4 Å². The Morgan fingerprint density at radius 2 is 1.70 bits per heavy atom. The van der Waals surface area contributed by atoms with Crippen LogP contribution < -0.4 is 9.47 Å². The largest absolute Gasteiger partial charge is 0.497 e. The second-order valence-electron chi connectivity index (χ2n) is 7.20. The van der Waals surface area contributed by atoms with E-state index in [4.69, 9.17) is 49.4 Å². The van der Waals surface area contributed by atoms with Crippen molar-refractivity contribution in [2.24, 2.45) is 5.10 Å². The molecule has 152 valence electrons. The summed E-state index contributed by atoms with van der Waals surface area (Å²) in [6, 6.07) is 19.1. The second kappa shape index (κ2) is 7.69. The molecule has 0 fully saturated rings. The van der Waals surface area contributed by atoms with E-state index in [0.29, 0.717) is 27.2 Å². The lowest BCUT2D eigenvalue weighted by molar-refractivity contribution is -0.0189. The number of halogens is 3. The number of hydrogen-bond donors (Lipinski definition) is 0. The Morgan fingerprint density at radius 1 is 0.967 bits per heavy atom. The molecule has 0 spiro atoms. The van der Waals surface area contributed by atoms with E-state index in [1.54, 1.807) is 13.2 Å². The zero-order chi connectivity index (χ0) is 20.8. The lowest BCUT2D eigenvalue weighted by Gasteiger charge is -2.38. The van der Waals surface area contributed by atoms with Gasteiger partial charge in [0.05, 0.1) is 23.9 Å². The predicted octanol–water partition coefficient (Wildman–Crippen LogP) is 6.90. The van der Waals surface area contributed by atoms with Gasteiger partial charge < -0.3 is 9.47 Å². The normalized spacial score (nSPS) is 19.6. The van der Waals surface area contributed by atoms with E-state index in [2.05, 4.69) is 0 Å². The third kappa shape index (κ3) is 3.39. The summed E-state index contributed by atoms with van der Waals surface area (Å²) < 4.78 is 11.6. The van der Waals surface area contributed by atoms with E-state index in [1.165, 1.54) is 0 Å². The number of benzene rings is 3. The van der Waals surface area contributed by atoms with Crippen molar-refractivity contribution < 1.29 is 9.47 Å². The first-order valence-electron chi connectivity index (χ1n) is 9.45. The van der Waals surface area contributed by atoms with Crippen molar-refractivity contribution >= 4 is 40.5 Å². The highest BCUT2D eigenvalue weighted by Crippen LogP contribution is 2.50. The van der Waals surface area contributed by atoms with Gasteiger partial charge in [0.1, 0.15) is 11.5 Å². The predicted molar refractivity (Wildman–Crippen MR) is 120 cm³/mol. The van der Waals surface area contributed by atoms with Crippen LogP contribution in [-0.2, 0) is 0 Å². The molecular weight excluding hydrogens is 443 g/mol. The maximum Gasteiger partial charge on any atom is 0.213 e. The lowest BCUT2D eigenvalue weighted by atomic mass is 9.96. The smallest absolute Gasteiger partial charge is 0.213 e. The molecule has 2 unspecified atom stereocenters. The average molecular weight is 460 g/mol. The van der Waals surface area contributed by atoms with Crippen LogP contribution in [0.4, 0.5) is 0 Å². The summed E-state index contributed by atoms with van der Waals surface area (Å²) in [4.78, 5) is 0. The fourth-order valence-corrected chi connectivity index (χ4v) is 4.60. The number of fused-ring (bicyclic) bond motifs is 3. The van der Waals surface area contributed by atoms with Gasteiger partial charge in [0.15, 0.2) is 0 Å². The summed E-state index contributed by atoms with van der Waals surface area (Å²) in [7, 11) is 1.65. The van der Waals surface area contributed by atoms with Crippen LogP contribution in [0, 0.1) is 0 Å². The van der Waals surface area contributed by atoms with Gasteiger partial charge in [-0.05, 0) is 54.1 Å². The van der Waals surface area contributed by atoms with Crippen LogP contribution in [0.15, 0.2) is 65.8 Å². The Balaban J connectivity index is 1.60. The van der Waals surface area contributed by atoms with Gasteiger partial charge in [-0.2, -0.15) is 5.10 Å². The molecule has 2 atom stereocenters. The molecule has 0 saturated carbocycles. The number of rotatable bonds is 3. The minimum atomic E-state index is -0.422. The van der Waals surface area contributed by atoms with Crippen LogP contribution in [0.25, 0.3) is 0 Å². The first-order chi connectivity index (χ1) is 14.5. The van der Waals surface area contributed by atoms with Gasteiger partial charge in [0, 0.05) is 27.6 Å². The zero-order valence-electron chi connectivity index (χ0n) is 16.0. The number of methoxy groups -OCH3 is 1.